The Labute approximate surface area is 195 Å². The van der Waals surface area contributed by atoms with Crippen molar-refractivity contribution in [1.82, 2.24) is 4.57 Å². The first kappa shape index (κ1) is 24.9. The molecule has 0 aliphatic heterocycles. The molecule has 0 spiro atoms. The number of anilines is 1. The summed E-state index contributed by atoms with van der Waals surface area (Å²) in [5, 5.41) is 12.8. The number of aromatic nitrogens is 1. The van der Waals surface area contributed by atoms with Gasteiger partial charge in [-0.15, -0.1) is 0 Å². The number of halogens is 3. The summed E-state index contributed by atoms with van der Waals surface area (Å²) in [6.45, 7) is 3.18. The van der Waals surface area contributed by atoms with Gasteiger partial charge in [0.1, 0.15) is 0 Å². The first-order valence-electron chi connectivity index (χ1n) is 9.97. The van der Waals surface area contributed by atoms with Crippen LogP contribution in [0.3, 0.4) is 0 Å². The average molecular weight is 497 g/mol. The molecule has 1 heterocycles. The Kier molecular flexibility index (Phi) is 7.26. The van der Waals surface area contributed by atoms with Gasteiger partial charge in [-0.25, -0.2) is 17.2 Å². The molecule has 33 heavy (non-hydrogen) atoms. The number of amides is 1. The standard InChI is InChI=1S/C23H23ClF2N2O4S/c1-13(29)10-17-12-19(23(30)27-16-5-7-18(8-6-16)33(3,31)32)14(2)28(17)21-9-4-15(24)11-20(21)22(25)26/h4-9,11-13,22,29H,10H2,1-3H3,(H,27,30)/t13-/m0/s1. The van der Waals surface area contributed by atoms with Gasteiger partial charge in [-0.05, 0) is 62.4 Å². The molecule has 10 heteroatoms. The lowest BCUT2D eigenvalue weighted by molar-refractivity contribution is 0.102. The summed E-state index contributed by atoms with van der Waals surface area (Å²) in [5.41, 5.74) is 1.35. The van der Waals surface area contributed by atoms with E-state index in [9.17, 15) is 27.1 Å². The second-order valence-corrected chi connectivity index (χ2v) is 10.2. The van der Waals surface area contributed by atoms with Gasteiger partial charge in [-0.1, -0.05) is 11.6 Å². The van der Waals surface area contributed by atoms with Crippen LogP contribution in [0.25, 0.3) is 5.69 Å². The van der Waals surface area contributed by atoms with E-state index >= 15 is 0 Å². The van der Waals surface area contributed by atoms with Gasteiger partial charge in [0.2, 0.25) is 0 Å². The summed E-state index contributed by atoms with van der Waals surface area (Å²) >= 11 is 5.91. The van der Waals surface area contributed by atoms with E-state index in [-0.39, 0.29) is 33.2 Å². The second kappa shape index (κ2) is 9.62. The zero-order valence-corrected chi connectivity index (χ0v) is 19.7. The number of aliphatic hydroxyl groups excluding tert-OH is 1. The minimum atomic E-state index is -3.38. The molecule has 3 aromatic rings. The molecule has 1 aromatic heterocycles. The van der Waals surface area contributed by atoms with Crippen molar-refractivity contribution in [2.24, 2.45) is 0 Å². The summed E-state index contributed by atoms with van der Waals surface area (Å²) in [7, 11) is -3.38. The number of carbonyl (C=O) groups is 1. The highest BCUT2D eigenvalue weighted by molar-refractivity contribution is 7.90. The molecule has 176 valence electrons. The van der Waals surface area contributed by atoms with Crippen molar-refractivity contribution in [2.75, 3.05) is 11.6 Å². The fraction of sp³-hybridized carbons (Fsp3) is 0.261. The number of hydrogen-bond donors (Lipinski definition) is 2. The molecule has 1 atom stereocenters. The smallest absolute Gasteiger partial charge is 0.265 e. The lowest BCUT2D eigenvalue weighted by Gasteiger charge is -2.17. The molecule has 0 saturated heterocycles. The van der Waals surface area contributed by atoms with E-state index in [2.05, 4.69) is 5.32 Å². The Morgan fingerprint density at radius 2 is 1.79 bits per heavy atom. The molecule has 0 fully saturated rings. The number of sulfone groups is 1. The van der Waals surface area contributed by atoms with E-state index in [1.54, 1.807) is 19.9 Å². The molecule has 0 bridgehead atoms. The fourth-order valence-corrected chi connectivity index (χ4v) is 4.39. The maximum Gasteiger partial charge on any atom is 0.265 e. The third-order valence-electron chi connectivity index (χ3n) is 5.08. The molecule has 1 amide bonds. The van der Waals surface area contributed by atoms with Crippen LogP contribution < -0.4 is 5.32 Å². The second-order valence-electron chi connectivity index (χ2n) is 7.78. The van der Waals surface area contributed by atoms with Gasteiger partial charge < -0.3 is 15.0 Å². The number of alkyl halides is 2. The molecule has 6 nitrogen and oxygen atoms in total. The van der Waals surface area contributed by atoms with Gasteiger partial charge in [0.15, 0.2) is 9.84 Å². The molecule has 2 N–H and O–H groups in total. The molecule has 2 aromatic carbocycles. The van der Waals surface area contributed by atoms with Crippen molar-refractivity contribution in [1.29, 1.82) is 0 Å². The number of hydrogen-bond acceptors (Lipinski definition) is 4. The molecule has 0 saturated carbocycles. The van der Waals surface area contributed by atoms with Gasteiger partial charge in [-0.3, -0.25) is 4.79 Å². The summed E-state index contributed by atoms with van der Waals surface area (Å²) in [5.74, 6) is -0.502. The lowest BCUT2D eigenvalue weighted by atomic mass is 10.1. The quantitative estimate of drug-likeness (QED) is 0.484. The van der Waals surface area contributed by atoms with Crippen molar-refractivity contribution in [2.45, 2.75) is 37.7 Å². The zero-order chi connectivity index (χ0) is 24.5. The summed E-state index contributed by atoms with van der Waals surface area (Å²) in [6.07, 6.45) is -2.37. The number of carbonyl (C=O) groups excluding carboxylic acids is 1. The van der Waals surface area contributed by atoms with Crippen LogP contribution in [0.2, 0.25) is 5.02 Å². The SMILES string of the molecule is Cc1c(C(=O)Nc2ccc(S(C)(=O)=O)cc2)cc(C[C@H](C)O)n1-c1ccc(Cl)cc1C(F)F. The van der Waals surface area contributed by atoms with Gasteiger partial charge in [0, 0.05) is 40.3 Å². The van der Waals surface area contributed by atoms with Crippen LogP contribution in [0.15, 0.2) is 53.4 Å². The number of rotatable bonds is 7. The predicted octanol–water partition coefficient (Wildman–Crippen LogP) is 4.96. The largest absolute Gasteiger partial charge is 0.393 e. The van der Waals surface area contributed by atoms with E-state index < -0.39 is 28.3 Å². The number of benzene rings is 2. The predicted molar refractivity (Wildman–Crippen MR) is 123 cm³/mol. The van der Waals surface area contributed by atoms with Crippen molar-refractivity contribution in [3.63, 3.8) is 0 Å². The fourth-order valence-electron chi connectivity index (χ4n) is 3.58. The molecular formula is C23H23ClF2N2O4S. The monoisotopic (exact) mass is 496 g/mol. The number of aliphatic hydroxyl groups is 1. The first-order chi connectivity index (χ1) is 15.4. The topological polar surface area (TPSA) is 88.4 Å². The molecule has 0 radical (unpaired) electrons. The minimum Gasteiger partial charge on any atom is -0.393 e. The third-order valence-corrected chi connectivity index (χ3v) is 6.44. The summed E-state index contributed by atoms with van der Waals surface area (Å²) in [6, 6.07) is 11.3. The van der Waals surface area contributed by atoms with Gasteiger partial charge >= 0.3 is 0 Å². The average Bonchev–Trinajstić information content (AvgIpc) is 3.03. The third kappa shape index (κ3) is 5.61. The van der Waals surface area contributed by atoms with Crippen molar-refractivity contribution < 1.29 is 27.1 Å². The van der Waals surface area contributed by atoms with Crippen LogP contribution in [0.5, 0.6) is 0 Å². The van der Waals surface area contributed by atoms with Crippen molar-refractivity contribution in [3.05, 3.63) is 76.1 Å². The summed E-state index contributed by atoms with van der Waals surface area (Å²) in [4.78, 5) is 13.1. The first-order valence-corrected chi connectivity index (χ1v) is 12.2. The van der Waals surface area contributed by atoms with Gasteiger partial charge in [0.05, 0.1) is 22.3 Å². The van der Waals surface area contributed by atoms with Crippen LogP contribution in [0, 0.1) is 6.92 Å². The van der Waals surface area contributed by atoms with E-state index in [4.69, 9.17) is 11.6 Å². The number of nitrogens with zero attached hydrogens (tertiary/aromatic N) is 1. The zero-order valence-electron chi connectivity index (χ0n) is 18.1. The Bertz CT molecular complexity index is 1290. The molecular weight excluding hydrogens is 474 g/mol. The maximum atomic E-state index is 13.7. The Balaban J connectivity index is 2.04. The highest BCUT2D eigenvalue weighted by Gasteiger charge is 2.23. The lowest BCUT2D eigenvalue weighted by Crippen LogP contribution is -2.14. The van der Waals surface area contributed by atoms with Crippen LogP contribution in [0.4, 0.5) is 14.5 Å². The van der Waals surface area contributed by atoms with E-state index in [0.717, 1.165) is 6.26 Å². The summed E-state index contributed by atoms with van der Waals surface area (Å²) < 4.78 is 52.2. The maximum absolute atomic E-state index is 13.7. The van der Waals surface area contributed by atoms with Crippen LogP contribution in [-0.4, -0.2) is 36.4 Å². The van der Waals surface area contributed by atoms with Crippen LogP contribution in [0.1, 0.15) is 40.7 Å². The van der Waals surface area contributed by atoms with E-state index in [1.165, 1.54) is 47.0 Å². The minimum absolute atomic E-state index is 0.115. The molecule has 0 aliphatic rings. The molecule has 0 unspecified atom stereocenters. The Morgan fingerprint density at radius 1 is 1.15 bits per heavy atom. The normalized spacial score (nSPS) is 12.7. The Hall–Kier alpha value is -2.75. The van der Waals surface area contributed by atoms with Gasteiger partial charge in [0.25, 0.3) is 12.3 Å². The Morgan fingerprint density at radius 3 is 2.33 bits per heavy atom. The van der Waals surface area contributed by atoms with Crippen molar-refractivity contribution in [3.8, 4) is 5.69 Å². The molecule has 3 rings (SSSR count). The van der Waals surface area contributed by atoms with E-state index in [0.29, 0.717) is 17.1 Å². The van der Waals surface area contributed by atoms with Crippen LogP contribution in [-0.2, 0) is 16.3 Å². The van der Waals surface area contributed by atoms with Crippen LogP contribution >= 0.6 is 11.6 Å². The highest BCUT2D eigenvalue weighted by Crippen LogP contribution is 2.32. The number of nitrogens with one attached hydrogen (secondary N) is 1. The van der Waals surface area contributed by atoms with Crippen molar-refractivity contribution >= 4 is 33.0 Å². The van der Waals surface area contributed by atoms with Gasteiger partial charge in [-0.2, -0.15) is 0 Å². The highest BCUT2D eigenvalue weighted by atomic mass is 35.5. The molecule has 0 aliphatic carbocycles. The van der Waals surface area contributed by atoms with E-state index in [1.807, 2.05) is 0 Å².